The van der Waals surface area contributed by atoms with Gasteiger partial charge in [-0.2, -0.15) is 0 Å². The van der Waals surface area contributed by atoms with E-state index in [1.54, 1.807) is 0 Å². The second-order valence-corrected chi connectivity index (χ2v) is 5.16. The summed E-state index contributed by atoms with van der Waals surface area (Å²) >= 11 is 0. The first-order chi connectivity index (χ1) is 9.27. The van der Waals surface area contributed by atoms with Crippen LogP contribution in [0.2, 0.25) is 0 Å². The quantitative estimate of drug-likeness (QED) is 0.888. The molecule has 2 aromatic carbocycles. The summed E-state index contributed by atoms with van der Waals surface area (Å²) in [6.07, 6.45) is 0.979. The molecule has 0 aliphatic carbocycles. The standard InChI is InChI=1S/C17H19NO/c1-12-6-2-3-7-13(12)17(18)15-10-11-19-16-9-5-4-8-14(15)16/h2-9,15,17H,10-11,18H2,1H3. The molecule has 0 spiro atoms. The molecule has 1 aliphatic heterocycles. The number of hydrogen-bond acceptors (Lipinski definition) is 2. The third kappa shape index (κ3) is 2.24. The van der Waals surface area contributed by atoms with Crippen molar-refractivity contribution in [1.82, 2.24) is 0 Å². The highest BCUT2D eigenvalue weighted by Crippen LogP contribution is 2.40. The van der Waals surface area contributed by atoms with E-state index >= 15 is 0 Å². The van der Waals surface area contributed by atoms with Gasteiger partial charge >= 0.3 is 0 Å². The van der Waals surface area contributed by atoms with Gasteiger partial charge in [0.15, 0.2) is 0 Å². The molecular weight excluding hydrogens is 234 g/mol. The van der Waals surface area contributed by atoms with Crippen LogP contribution >= 0.6 is 0 Å². The lowest BCUT2D eigenvalue weighted by atomic mass is 9.82. The Kier molecular flexibility index (Phi) is 3.26. The van der Waals surface area contributed by atoms with Gasteiger partial charge in [-0.15, -0.1) is 0 Å². The Morgan fingerprint density at radius 3 is 2.68 bits per heavy atom. The molecule has 0 bridgehead atoms. The maximum absolute atomic E-state index is 6.53. The van der Waals surface area contributed by atoms with E-state index in [1.807, 2.05) is 12.1 Å². The number of benzene rings is 2. The van der Waals surface area contributed by atoms with Crippen molar-refractivity contribution < 1.29 is 4.74 Å². The molecule has 0 saturated carbocycles. The van der Waals surface area contributed by atoms with Gasteiger partial charge < -0.3 is 10.5 Å². The van der Waals surface area contributed by atoms with E-state index in [1.165, 1.54) is 16.7 Å². The summed E-state index contributed by atoms with van der Waals surface area (Å²) in [7, 11) is 0. The minimum absolute atomic E-state index is 0.0336. The van der Waals surface area contributed by atoms with Crippen molar-refractivity contribution in [2.24, 2.45) is 5.73 Å². The minimum Gasteiger partial charge on any atom is -0.493 e. The van der Waals surface area contributed by atoms with Gasteiger partial charge in [-0.05, 0) is 36.1 Å². The van der Waals surface area contributed by atoms with E-state index in [9.17, 15) is 0 Å². The van der Waals surface area contributed by atoms with E-state index in [0.717, 1.165) is 18.8 Å². The Morgan fingerprint density at radius 2 is 1.84 bits per heavy atom. The Labute approximate surface area is 114 Å². The van der Waals surface area contributed by atoms with Crippen molar-refractivity contribution in [3.05, 3.63) is 65.2 Å². The van der Waals surface area contributed by atoms with Gasteiger partial charge in [0.05, 0.1) is 6.61 Å². The lowest BCUT2D eigenvalue weighted by Crippen LogP contribution is -2.25. The predicted octanol–water partition coefficient (Wildman–Crippen LogP) is 3.56. The van der Waals surface area contributed by atoms with Gasteiger partial charge in [0.25, 0.3) is 0 Å². The SMILES string of the molecule is Cc1ccccc1C(N)C1CCOc2ccccc21. The Bertz CT molecular complexity index is 579. The fraction of sp³-hybridized carbons (Fsp3) is 0.294. The van der Waals surface area contributed by atoms with Crippen molar-refractivity contribution in [2.75, 3.05) is 6.61 Å². The molecular formula is C17H19NO. The normalized spacial score (nSPS) is 19.4. The Morgan fingerprint density at radius 1 is 1.11 bits per heavy atom. The molecule has 0 fully saturated rings. The molecule has 1 aliphatic rings. The zero-order chi connectivity index (χ0) is 13.2. The van der Waals surface area contributed by atoms with Gasteiger partial charge in [0.1, 0.15) is 5.75 Å². The average Bonchev–Trinajstić information content (AvgIpc) is 2.46. The molecule has 2 heteroatoms. The molecule has 2 atom stereocenters. The molecule has 0 aromatic heterocycles. The predicted molar refractivity (Wildman–Crippen MR) is 77.4 cm³/mol. The number of rotatable bonds is 2. The molecule has 98 valence electrons. The van der Waals surface area contributed by atoms with E-state index < -0.39 is 0 Å². The lowest BCUT2D eigenvalue weighted by Gasteiger charge is -2.31. The van der Waals surface area contributed by atoms with E-state index in [2.05, 4.69) is 43.3 Å². The molecule has 19 heavy (non-hydrogen) atoms. The monoisotopic (exact) mass is 253 g/mol. The van der Waals surface area contributed by atoms with Gasteiger partial charge in [0.2, 0.25) is 0 Å². The number of nitrogens with two attached hydrogens (primary N) is 1. The summed E-state index contributed by atoms with van der Waals surface area (Å²) in [5.41, 5.74) is 10.3. The Hall–Kier alpha value is -1.80. The summed E-state index contributed by atoms with van der Waals surface area (Å²) in [6, 6.07) is 16.7. The van der Waals surface area contributed by atoms with E-state index in [4.69, 9.17) is 10.5 Å². The molecule has 2 unspecified atom stereocenters. The van der Waals surface area contributed by atoms with Crippen molar-refractivity contribution in [3.63, 3.8) is 0 Å². The van der Waals surface area contributed by atoms with Crippen molar-refractivity contribution >= 4 is 0 Å². The van der Waals surface area contributed by atoms with Gasteiger partial charge in [0, 0.05) is 12.0 Å². The van der Waals surface area contributed by atoms with Crippen LogP contribution < -0.4 is 10.5 Å². The molecule has 3 rings (SSSR count). The zero-order valence-electron chi connectivity index (χ0n) is 11.2. The molecule has 2 N–H and O–H groups in total. The van der Waals surface area contributed by atoms with Crippen LogP contribution in [0.1, 0.15) is 35.1 Å². The first-order valence-corrected chi connectivity index (χ1v) is 6.80. The smallest absolute Gasteiger partial charge is 0.122 e. The zero-order valence-corrected chi connectivity index (χ0v) is 11.2. The van der Waals surface area contributed by atoms with E-state index in [-0.39, 0.29) is 6.04 Å². The van der Waals surface area contributed by atoms with Gasteiger partial charge in [-0.3, -0.25) is 0 Å². The first-order valence-electron chi connectivity index (χ1n) is 6.80. The summed E-state index contributed by atoms with van der Waals surface area (Å²) in [6.45, 7) is 2.88. The number of ether oxygens (including phenoxy) is 1. The van der Waals surface area contributed by atoms with Gasteiger partial charge in [-0.25, -0.2) is 0 Å². The second kappa shape index (κ2) is 5.06. The highest BCUT2D eigenvalue weighted by molar-refractivity contribution is 5.41. The van der Waals surface area contributed by atoms with Gasteiger partial charge in [-0.1, -0.05) is 42.5 Å². The highest BCUT2D eigenvalue weighted by atomic mass is 16.5. The van der Waals surface area contributed by atoms with Crippen molar-refractivity contribution in [3.8, 4) is 5.75 Å². The molecule has 0 amide bonds. The molecule has 2 nitrogen and oxygen atoms in total. The van der Waals surface area contributed by atoms with Crippen LogP contribution in [0.25, 0.3) is 0 Å². The molecule has 1 heterocycles. The average molecular weight is 253 g/mol. The van der Waals surface area contributed by atoms with Crippen LogP contribution in [-0.2, 0) is 0 Å². The Balaban J connectivity index is 1.98. The fourth-order valence-corrected chi connectivity index (χ4v) is 2.92. The first kappa shape index (κ1) is 12.2. The number of aryl methyl sites for hydroxylation is 1. The van der Waals surface area contributed by atoms with Crippen LogP contribution in [0.3, 0.4) is 0 Å². The molecule has 0 radical (unpaired) electrons. The van der Waals surface area contributed by atoms with Crippen LogP contribution in [0.15, 0.2) is 48.5 Å². The third-order valence-corrected chi connectivity index (χ3v) is 3.99. The second-order valence-electron chi connectivity index (χ2n) is 5.16. The van der Waals surface area contributed by atoms with Crippen LogP contribution in [0.5, 0.6) is 5.75 Å². The largest absolute Gasteiger partial charge is 0.493 e. The maximum Gasteiger partial charge on any atom is 0.122 e. The minimum atomic E-state index is 0.0336. The lowest BCUT2D eigenvalue weighted by molar-refractivity contribution is 0.255. The summed E-state index contributed by atoms with van der Waals surface area (Å²) in [5, 5.41) is 0. The number of para-hydroxylation sites is 1. The number of hydrogen-bond donors (Lipinski definition) is 1. The van der Waals surface area contributed by atoms with Crippen LogP contribution in [-0.4, -0.2) is 6.61 Å². The maximum atomic E-state index is 6.53. The fourth-order valence-electron chi connectivity index (χ4n) is 2.92. The number of fused-ring (bicyclic) bond motifs is 1. The van der Waals surface area contributed by atoms with Crippen LogP contribution in [0.4, 0.5) is 0 Å². The summed E-state index contributed by atoms with van der Waals surface area (Å²) in [5.74, 6) is 1.33. The highest BCUT2D eigenvalue weighted by Gasteiger charge is 2.27. The summed E-state index contributed by atoms with van der Waals surface area (Å²) < 4.78 is 5.71. The molecule has 2 aromatic rings. The van der Waals surface area contributed by atoms with Crippen LogP contribution in [0, 0.1) is 6.92 Å². The van der Waals surface area contributed by atoms with Crippen molar-refractivity contribution in [2.45, 2.75) is 25.3 Å². The summed E-state index contributed by atoms with van der Waals surface area (Å²) in [4.78, 5) is 0. The molecule has 0 saturated heterocycles. The van der Waals surface area contributed by atoms with E-state index in [0.29, 0.717) is 5.92 Å². The topological polar surface area (TPSA) is 35.2 Å². The van der Waals surface area contributed by atoms with Crippen molar-refractivity contribution in [1.29, 1.82) is 0 Å². The third-order valence-electron chi connectivity index (χ3n) is 3.99.